The minimum atomic E-state index is -0.422. The number of nitrogens with one attached hydrogen (secondary N) is 1. The average molecular weight is 285 g/mol. The zero-order valence-corrected chi connectivity index (χ0v) is 12.4. The molecule has 1 unspecified atom stereocenters. The largest absolute Gasteiger partial charge is 0.381 e. The predicted octanol–water partition coefficient (Wildman–Crippen LogP) is -0.421. The number of ether oxygens (including phenoxy) is 2. The average Bonchev–Trinajstić information content (AvgIpc) is 2.49. The third-order valence-corrected chi connectivity index (χ3v) is 4.51. The quantitative estimate of drug-likeness (QED) is 0.717. The molecule has 0 aromatic carbocycles. The zero-order chi connectivity index (χ0) is 14.4. The fraction of sp³-hybridized carbons (Fsp3) is 0.929. The lowest BCUT2D eigenvalue weighted by Crippen LogP contribution is -2.52. The van der Waals surface area contributed by atoms with Gasteiger partial charge in [-0.25, -0.2) is 0 Å². The van der Waals surface area contributed by atoms with Crippen molar-refractivity contribution in [3.63, 3.8) is 0 Å². The Balaban J connectivity index is 1.76. The molecule has 0 saturated carbocycles. The molecule has 1 atom stereocenters. The first-order valence-corrected chi connectivity index (χ1v) is 7.56. The minimum absolute atomic E-state index is 0.0872. The van der Waals surface area contributed by atoms with Gasteiger partial charge in [-0.1, -0.05) is 0 Å². The van der Waals surface area contributed by atoms with Crippen LogP contribution in [0.15, 0.2) is 0 Å². The number of nitrogens with zero attached hydrogens (tertiary/aromatic N) is 1. The van der Waals surface area contributed by atoms with Gasteiger partial charge in [0.25, 0.3) is 0 Å². The van der Waals surface area contributed by atoms with E-state index >= 15 is 0 Å². The van der Waals surface area contributed by atoms with Crippen LogP contribution in [0.1, 0.15) is 19.8 Å². The van der Waals surface area contributed by atoms with Crippen LogP contribution in [-0.4, -0.2) is 69.5 Å². The van der Waals surface area contributed by atoms with Crippen LogP contribution >= 0.6 is 0 Å². The third-order valence-electron chi connectivity index (χ3n) is 4.51. The van der Waals surface area contributed by atoms with Crippen molar-refractivity contribution in [1.82, 2.24) is 10.2 Å². The molecule has 2 aliphatic rings. The van der Waals surface area contributed by atoms with Gasteiger partial charge in [-0.3, -0.25) is 9.69 Å². The summed E-state index contributed by atoms with van der Waals surface area (Å²) in [4.78, 5) is 14.7. The second kappa shape index (κ2) is 7.36. The molecule has 0 aromatic heterocycles. The molecular weight excluding hydrogens is 258 g/mol. The van der Waals surface area contributed by atoms with Crippen molar-refractivity contribution in [3.8, 4) is 0 Å². The number of nitrogens with two attached hydrogens (primary N) is 1. The summed E-state index contributed by atoms with van der Waals surface area (Å²) in [6.45, 7) is 7.85. The van der Waals surface area contributed by atoms with Gasteiger partial charge in [-0.2, -0.15) is 0 Å². The number of carbonyl (C=O) groups excluding carboxylic acids is 1. The maximum Gasteiger partial charge on any atom is 0.227 e. The Bertz CT molecular complexity index is 319. The molecule has 6 nitrogen and oxygen atoms in total. The molecule has 1 amide bonds. The highest BCUT2D eigenvalue weighted by Crippen LogP contribution is 2.29. The van der Waals surface area contributed by atoms with Crippen molar-refractivity contribution in [2.75, 3.05) is 52.6 Å². The van der Waals surface area contributed by atoms with E-state index in [0.717, 1.165) is 39.1 Å². The molecule has 0 aliphatic carbocycles. The van der Waals surface area contributed by atoms with Gasteiger partial charge < -0.3 is 20.5 Å². The molecule has 2 saturated heterocycles. The van der Waals surface area contributed by atoms with Gasteiger partial charge in [-0.05, 0) is 19.8 Å². The molecule has 20 heavy (non-hydrogen) atoms. The number of rotatable bonds is 5. The van der Waals surface area contributed by atoms with E-state index in [0.29, 0.717) is 32.3 Å². The van der Waals surface area contributed by atoms with Crippen molar-refractivity contribution >= 4 is 5.91 Å². The number of hydrogen-bond donors (Lipinski definition) is 2. The summed E-state index contributed by atoms with van der Waals surface area (Å²) >= 11 is 0. The molecule has 0 radical (unpaired) electrons. The normalized spacial score (nSPS) is 27.2. The smallest absolute Gasteiger partial charge is 0.227 e. The van der Waals surface area contributed by atoms with Gasteiger partial charge in [-0.15, -0.1) is 0 Å². The Kier molecular flexibility index (Phi) is 5.77. The Morgan fingerprint density at radius 2 is 2.10 bits per heavy atom. The highest BCUT2D eigenvalue weighted by atomic mass is 16.5. The zero-order valence-electron chi connectivity index (χ0n) is 12.4. The highest BCUT2D eigenvalue weighted by molar-refractivity contribution is 5.83. The van der Waals surface area contributed by atoms with Crippen LogP contribution in [-0.2, 0) is 14.3 Å². The SMILES string of the molecule is CC1COCCN1CCNC(=O)C1(CN)CCOCC1. The van der Waals surface area contributed by atoms with Gasteiger partial charge in [0.1, 0.15) is 0 Å². The van der Waals surface area contributed by atoms with Crippen molar-refractivity contribution < 1.29 is 14.3 Å². The van der Waals surface area contributed by atoms with Gasteiger partial charge in [0.05, 0.1) is 18.6 Å². The van der Waals surface area contributed by atoms with Crippen molar-refractivity contribution in [2.24, 2.45) is 11.1 Å². The van der Waals surface area contributed by atoms with E-state index in [2.05, 4.69) is 17.1 Å². The fourth-order valence-corrected chi connectivity index (χ4v) is 2.88. The monoisotopic (exact) mass is 285 g/mol. The van der Waals surface area contributed by atoms with Crippen LogP contribution < -0.4 is 11.1 Å². The summed E-state index contributed by atoms with van der Waals surface area (Å²) in [5, 5.41) is 3.06. The molecule has 2 aliphatic heterocycles. The van der Waals surface area contributed by atoms with Crippen LogP contribution in [0.3, 0.4) is 0 Å². The highest BCUT2D eigenvalue weighted by Gasteiger charge is 2.38. The van der Waals surface area contributed by atoms with E-state index in [4.69, 9.17) is 15.2 Å². The molecule has 2 rings (SSSR count). The molecule has 0 aromatic rings. The molecule has 0 spiro atoms. The van der Waals surface area contributed by atoms with Gasteiger partial charge in [0, 0.05) is 45.4 Å². The van der Waals surface area contributed by atoms with Crippen LogP contribution in [0.5, 0.6) is 0 Å². The lowest BCUT2D eigenvalue weighted by atomic mass is 9.79. The molecule has 116 valence electrons. The number of carbonyl (C=O) groups is 1. The van der Waals surface area contributed by atoms with Gasteiger partial charge in [0.2, 0.25) is 5.91 Å². The Hall–Kier alpha value is -0.690. The van der Waals surface area contributed by atoms with Crippen molar-refractivity contribution in [2.45, 2.75) is 25.8 Å². The van der Waals surface area contributed by atoms with E-state index in [-0.39, 0.29) is 5.91 Å². The molecule has 2 fully saturated rings. The van der Waals surface area contributed by atoms with E-state index in [9.17, 15) is 4.79 Å². The standard InChI is InChI=1S/C14H27N3O3/c1-12-10-20-9-6-17(12)5-4-16-13(18)14(11-15)2-7-19-8-3-14/h12H,2-11,15H2,1H3,(H,16,18). The van der Waals surface area contributed by atoms with E-state index < -0.39 is 5.41 Å². The van der Waals surface area contributed by atoms with Crippen molar-refractivity contribution in [3.05, 3.63) is 0 Å². The Morgan fingerprint density at radius 1 is 1.35 bits per heavy atom. The Morgan fingerprint density at radius 3 is 2.75 bits per heavy atom. The predicted molar refractivity (Wildman–Crippen MR) is 76.4 cm³/mol. The second-order valence-electron chi connectivity index (χ2n) is 5.81. The summed E-state index contributed by atoms with van der Waals surface area (Å²) in [6.07, 6.45) is 1.45. The summed E-state index contributed by atoms with van der Waals surface area (Å²) in [5.74, 6) is 0.0872. The maximum absolute atomic E-state index is 12.4. The van der Waals surface area contributed by atoms with Crippen LogP contribution in [0.4, 0.5) is 0 Å². The van der Waals surface area contributed by atoms with E-state index in [1.165, 1.54) is 0 Å². The Labute approximate surface area is 121 Å². The molecular formula is C14H27N3O3. The first kappa shape index (κ1) is 15.7. The third kappa shape index (κ3) is 3.69. The second-order valence-corrected chi connectivity index (χ2v) is 5.81. The topological polar surface area (TPSA) is 76.8 Å². The number of hydrogen-bond acceptors (Lipinski definition) is 5. The van der Waals surface area contributed by atoms with Crippen LogP contribution in [0.25, 0.3) is 0 Å². The summed E-state index contributed by atoms with van der Waals surface area (Å²) in [6, 6.07) is 0.423. The number of morpholine rings is 1. The molecule has 6 heteroatoms. The minimum Gasteiger partial charge on any atom is -0.381 e. The van der Waals surface area contributed by atoms with E-state index in [1.54, 1.807) is 0 Å². The molecule has 0 bridgehead atoms. The molecule has 3 N–H and O–H groups in total. The van der Waals surface area contributed by atoms with Gasteiger partial charge >= 0.3 is 0 Å². The van der Waals surface area contributed by atoms with Crippen LogP contribution in [0, 0.1) is 5.41 Å². The number of amides is 1. The van der Waals surface area contributed by atoms with Gasteiger partial charge in [0.15, 0.2) is 0 Å². The lowest BCUT2D eigenvalue weighted by molar-refractivity contribution is -0.136. The first-order valence-electron chi connectivity index (χ1n) is 7.56. The summed E-state index contributed by atoms with van der Waals surface area (Å²) in [7, 11) is 0. The molecule has 2 heterocycles. The van der Waals surface area contributed by atoms with Crippen molar-refractivity contribution in [1.29, 1.82) is 0 Å². The van der Waals surface area contributed by atoms with Crippen LogP contribution in [0.2, 0.25) is 0 Å². The lowest BCUT2D eigenvalue weighted by Gasteiger charge is -2.36. The summed E-state index contributed by atoms with van der Waals surface area (Å²) in [5.41, 5.74) is 5.41. The van der Waals surface area contributed by atoms with E-state index in [1.807, 2.05) is 0 Å². The first-order chi connectivity index (χ1) is 9.68. The fourth-order valence-electron chi connectivity index (χ4n) is 2.88. The maximum atomic E-state index is 12.4. The summed E-state index contributed by atoms with van der Waals surface area (Å²) < 4.78 is 10.7.